The Hall–Kier alpha value is -1.06. The van der Waals surface area contributed by atoms with Crippen molar-refractivity contribution in [2.24, 2.45) is 17.6 Å². The lowest BCUT2D eigenvalue weighted by Crippen LogP contribution is -2.29. The third-order valence-corrected chi connectivity index (χ3v) is 5.80. The van der Waals surface area contributed by atoms with E-state index in [-0.39, 0.29) is 12.4 Å². The first kappa shape index (κ1) is 19.3. The number of carbonyl (C=O) groups excluding carboxylic acids is 1. The van der Waals surface area contributed by atoms with Gasteiger partial charge in [-0.05, 0) is 36.8 Å². The molecule has 1 heterocycles. The van der Waals surface area contributed by atoms with E-state index in [2.05, 4.69) is 29.2 Å². The van der Waals surface area contributed by atoms with E-state index < -0.39 is 0 Å². The van der Waals surface area contributed by atoms with Gasteiger partial charge in [0.05, 0.1) is 0 Å². The molecule has 1 saturated heterocycles. The number of halogens is 1. The van der Waals surface area contributed by atoms with E-state index in [0.29, 0.717) is 24.3 Å². The molecule has 24 heavy (non-hydrogen) atoms. The smallest absolute Gasteiger partial charge is 0.222 e. The van der Waals surface area contributed by atoms with Crippen molar-refractivity contribution in [1.29, 1.82) is 0 Å². The maximum absolute atomic E-state index is 12.5. The summed E-state index contributed by atoms with van der Waals surface area (Å²) >= 11 is 0. The van der Waals surface area contributed by atoms with Gasteiger partial charge in [-0.3, -0.25) is 4.79 Å². The van der Waals surface area contributed by atoms with E-state index >= 15 is 0 Å². The molecule has 1 aromatic rings. The summed E-state index contributed by atoms with van der Waals surface area (Å²) in [6.45, 7) is 2.33. The predicted octanol–water partition coefficient (Wildman–Crippen LogP) is 3.97. The van der Waals surface area contributed by atoms with Gasteiger partial charge in [0.1, 0.15) is 0 Å². The number of likely N-dealkylation sites (tertiary alicyclic amines) is 1. The van der Waals surface area contributed by atoms with Crippen LogP contribution in [0.4, 0.5) is 0 Å². The molecule has 0 unspecified atom stereocenters. The largest absolute Gasteiger partial charge is 0.342 e. The minimum absolute atomic E-state index is 0. The molecule has 1 aromatic carbocycles. The Morgan fingerprint density at radius 1 is 1.12 bits per heavy atom. The number of carbonyl (C=O) groups is 1. The van der Waals surface area contributed by atoms with Crippen LogP contribution in [0.25, 0.3) is 0 Å². The SMILES string of the molecule is Cl.NC[C@@H]1CN(C(=O)CCCC2CCCC2)C[C@H]1c1ccccc1. The normalized spacial score (nSPS) is 24.1. The molecule has 2 aliphatic rings. The number of nitrogens with two attached hydrogens (primary N) is 1. The molecule has 1 aliphatic heterocycles. The number of benzene rings is 1. The van der Waals surface area contributed by atoms with E-state index in [4.69, 9.17) is 5.73 Å². The van der Waals surface area contributed by atoms with Crippen LogP contribution in [0.5, 0.6) is 0 Å². The minimum Gasteiger partial charge on any atom is -0.342 e. The topological polar surface area (TPSA) is 46.3 Å². The lowest BCUT2D eigenvalue weighted by molar-refractivity contribution is -0.130. The van der Waals surface area contributed by atoms with Crippen LogP contribution in [-0.4, -0.2) is 30.4 Å². The van der Waals surface area contributed by atoms with Crippen molar-refractivity contribution < 1.29 is 4.79 Å². The summed E-state index contributed by atoms with van der Waals surface area (Å²) in [5.41, 5.74) is 7.29. The summed E-state index contributed by atoms with van der Waals surface area (Å²) in [6.07, 6.45) is 8.55. The lowest BCUT2D eigenvalue weighted by atomic mass is 9.89. The number of hydrogen-bond acceptors (Lipinski definition) is 2. The molecular formula is C20H31ClN2O. The van der Waals surface area contributed by atoms with Crippen LogP contribution in [0.15, 0.2) is 30.3 Å². The van der Waals surface area contributed by atoms with Gasteiger partial charge in [-0.2, -0.15) is 0 Å². The monoisotopic (exact) mass is 350 g/mol. The fraction of sp³-hybridized carbons (Fsp3) is 0.650. The van der Waals surface area contributed by atoms with Crippen LogP contribution in [0.2, 0.25) is 0 Å². The van der Waals surface area contributed by atoms with Gasteiger partial charge in [0.2, 0.25) is 5.91 Å². The van der Waals surface area contributed by atoms with Gasteiger partial charge in [-0.25, -0.2) is 0 Å². The molecule has 1 aliphatic carbocycles. The van der Waals surface area contributed by atoms with Crippen molar-refractivity contribution in [3.63, 3.8) is 0 Å². The van der Waals surface area contributed by atoms with Crippen molar-refractivity contribution in [2.45, 2.75) is 50.9 Å². The van der Waals surface area contributed by atoms with Gasteiger partial charge < -0.3 is 10.6 Å². The van der Waals surface area contributed by atoms with Gasteiger partial charge in [0.15, 0.2) is 0 Å². The van der Waals surface area contributed by atoms with Crippen molar-refractivity contribution in [1.82, 2.24) is 4.90 Å². The van der Waals surface area contributed by atoms with Crippen molar-refractivity contribution >= 4 is 18.3 Å². The van der Waals surface area contributed by atoms with Crippen LogP contribution in [0.3, 0.4) is 0 Å². The summed E-state index contributed by atoms with van der Waals surface area (Å²) in [5, 5.41) is 0. The average Bonchev–Trinajstić information content (AvgIpc) is 3.25. The standard InChI is InChI=1S/C20H30N2O.ClH/c21-13-18-14-22(15-19(18)17-10-2-1-3-11-17)20(23)12-6-9-16-7-4-5-8-16;/h1-3,10-11,16,18-19H,4-9,12-15,21H2;1H/t18-,19+;/m1./s1. The zero-order chi connectivity index (χ0) is 16.1. The number of amides is 1. The molecule has 1 amide bonds. The molecule has 0 bridgehead atoms. The Morgan fingerprint density at radius 3 is 2.50 bits per heavy atom. The zero-order valence-corrected chi connectivity index (χ0v) is 15.3. The first-order valence-corrected chi connectivity index (χ1v) is 9.30. The molecule has 0 aromatic heterocycles. The molecule has 2 fully saturated rings. The molecule has 2 atom stereocenters. The molecule has 3 rings (SSSR count). The van der Waals surface area contributed by atoms with Crippen molar-refractivity contribution in [3.05, 3.63) is 35.9 Å². The van der Waals surface area contributed by atoms with E-state index in [0.717, 1.165) is 31.8 Å². The van der Waals surface area contributed by atoms with E-state index in [1.807, 2.05) is 6.07 Å². The van der Waals surface area contributed by atoms with Gasteiger partial charge in [-0.1, -0.05) is 56.0 Å². The Bertz CT molecular complexity index is 502. The Morgan fingerprint density at radius 2 is 1.83 bits per heavy atom. The first-order valence-electron chi connectivity index (χ1n) is 9.30. The van der Waals surface area contributed by atoms with Gasteiger partial charge >= 0.3 is 0 Å². The quantitative estimate of drug-likeness (QED) is 0.843. The second-order valence-electron chi connectivity index (χ2n) is 7.35. The summed E-state index contributed by atoms with van der Waals surface area (Å²) in [6, 6.07) is 10.5. The maximum atomic E-state index is 12.5. The van der Waals surface area contributed by atoms with Crippen LogP contribution < -0.4 is 5.73 Å². The third-order valence-electron chi connectivity index (χ3n) is 5.80. The third kappa shape index (κ3) is 4.73. The van der Waals surface area contributed by atoms with Gasteiger partial charge in [0, 0.05) is 25.4 Å². The van der Waals surface area contributed by atoms with Crippen LogP contribution in [0.1, 0.15) is 56.4 Å². The highest BCUT2D eigenvalue weighted by molar-refractivity contribution is 5.85. The number of rotatable bonds is 6. The molecule has 134 valence electrons. The van der Waals surface area contributed by atoms with Gasteiger partial charge in [-0.15, -0.1) is 12.4 Å². The molecule has 2 N–H and O–H groups in total. The highest BCUT2D eigenvalue weighted by Gasteiger charge is 2.34. The Balaban J connectivity index is 0.00000208. The fourth-order valence-corrected chi connectivity index (χ4v) is 4.39. The summed E-state index contributed by atoms with van der Waals surface area (Å²) in [7, 11) is 0. The lowest BCUT2D eigenvalue weighted by Gasteiger charge is -2.17. The van der Waals surface area contributed by atoms with E-state index in [9.17, 15) is 4.79 Å². The highest BCUT2D eigenvalue weighted by atomic mass is 35.5. The first-order chi connectivity index (χ1) is 11.3. The van der Waals surface area contributed by atoms with Crippen LogP contribution >= 0.6 is 12.4 Å². The maximum Gasteiger partial charge on any atom is 0.222 e. The second kappa shape index (κ2) is 9.43. The van der Waals surface area contributed by atoms with Gasteiger partial charge in [0.25, 0.3) is 0 Å². The Kier molecular flexibility index (Phi) is 7.57. The van der Waals surface area contributed by atoms with Crippen molar-refractivity contribution in [3.8, 4) is 0 Å². The van der Waals surface area contributed by atoms with Crippen molar-refractivity contribution in [2.75, 3.05) is 19.6 Å². The zero-order valence-electron chi connectivity index (χ0n) is 14.5. The molecule has 1 saturated carbocycles. The average molecular weight is 351 g/mol. The Labute approximate surface area is 152 Å². The fourth-order valence-electron chi connectivity index (χ4n) is 4.39. The predicted molar refractivity (Wildman–Crippen MR) is 101 cm³/mol. The van der Waals surface area contributed by atoms with E-state index in [1.165, 1.54) is 37.7 Å². The van der Waals surface area contributed by atoms with Crippen LogP contribution in [0, 0.1) is 11.8 Å². The van der Waals surface area contributed by atoms with Crippen LogP contribution in [-0.2, 0) is 4.79 Å². The molecular weight excluding hydrogens is 320 g/mol. The second-order valence-corrected chi connectivity index (χ2v) is 7.35. The minimum atomic E-state index is 0. The highest BCUT2D eigenvalue weighted by Crippen LogP contribution is 2.33. The van der Waals surface area contributed by atoms with E-state index in [1.54, 1.807) is 0 Å². The summed E-state index contributed by atoms with van der Waals surface area (Å²) in [5.74, 6) is 2.02. The molecule has 4 heteroatoms. The summed E-state index contributed by atoms with van der Waals surface area (Å²) < 4.78 is 0. The molecule has 0 radical (unpaired) electrons. The number of nitrogens with zero attached hydrogens (tertiary/aromatic N) is 1. The molecule has 0 spiro atoms. The summed E-state index contributed by atoms with van der Waals surface area (Å²) in [4.78, 5) is 14.6. The molecule has 3 nitrogen and oxygen atoms in total. The number of hydrogen-bond donors (Lipinski definition) is 1.